The van der Waals surface area contributed by atoms with Gasteiger partial charge < -0.3 is 15.1 Å². The number of carbonyl (C=O) groups excluding carboxylic acids is 2. The smallest absolute Gasteiger partial charge is 0.225 e. The minimum atomic E-state index is -0.238. The summed E-state index contributed by atoms with van der Waals surface area (Å²) in [7, 11) is 2.09. The molecule has 2 amide bonds. The van der Waals surface area contributed by atoms with Gasteiger partial charge in [0.15, 0.2) is 0 Å². The average molecular weight is 380 g/mol. The van der Waals surface area contributed by atoms with Crippen LogP contribution in [0.25, 0.3) is 0 Å². The SMILES string of the molecule is CN(CCCNC(=O)C1CC(=O)N(Cc2ccccc2)C1)Cc1ccccc1. The molecule has 1 unspecified atom stereocenters. The Labute approximate surface area is 167 Å². The normalized spacial score (nSPS) is 16.6. The largest absolute Gasteiger partial charge is 0.356 e. The molecule has 0 aromatic heterocycles. The van der Waals surface area contributed by atoms with E-state index in [-0.39, 0.29) is 17.7 Å². The third kappa shape index (κ3) is 5.92. The van der Waals surface area contributed by atoms with Crippen LogP contribution in [-0.4, -0.2) is 48.3 Å². The summed E-state index contributed by atoms with van der Waals surface area (Å²) in [4.78, 5) is 28.7. The van der Waals surface area contributed by atoms with Crippen molar-refractivity contribution in [1.29, 1.82) is 0 Å². The van der Waals surface area contributed by atoms with E-state index in [9.17, 15) is 9.59 Å². The predicted octanol–water partition coefficient (Wildman–Crippen LogP) is 2.67. The van der Waals surface area contributed by atoms with Gasteiger partial charge in [-0.1, -0.05) is 60.7 Å². The zero-order valence-electron chi connectivity index (χ0n) is 16.5. The van der Waals surface area contributed by atoms with Crippen LogP contribution < -0.4 is 5.32 Å². The molecule has 5 heteroatoms. The van der Waals surface area contributed by atoms with E-state index in [1.165, 1.54) is 5.56 Å². The first kappa shape index (κ1) is 20.1. The van der Waals surface area contributed by atoms with Crippen LogP contribution >= 0.6 is 0 Å². The van der Waals surface area contributed by atoms with Crippen molar-refractivity contribution in [3.8, 4) is 0 Å². The van der Waals surface area contributed by atoms with Gasteiger partial charge in [0.1, 0.15) is 0 Å². The van der Waals surface area contributed by atoms with Crippen LogP contribution in [-0.2, 0) is 22.7 Å². The minimum Gasteiger partial charge on any atom is -0.356 e. The number of nitrogens with one attached hydrogen (secondary N) is 1. The molecule has 1 atom stereocenters. The number of benzene rings is 2. The molecular formula is C23H29N3O2. The zero-order valence-corrected chi connectivity index (χ0v) is 16.5. The summed E-state index contributed by atoms with van der Waals surface area (Å²) in [6.45, 7) is 3.54. The summed E-state index contributed by atoms with van der Waals surface area (Å²) < 4.78 is 0. The Hall–Kier alpha value is -2.66. The first-order valence-electron chi connectivity index (χ1n) is 9.93. The average Bonchev–Trinajstić information content (AvgIpc) is 3.07. The molecule has 5 nitrogen and oxygen atoms in total. The number of hydrogen-bond acceptors (Lipinski definition) is 3. The van der Waals surface area contributed by atoms with Crippen molar-refractivity contribution in [2.24, 2.45) is 5.92 Å². The molecule has 0 spiro atoms. The van der Waals surface area contributed by atoms with E-state index in [2.05, 4.69) is 29.4 Å². The molecule has 1 heterocycles. The van der Waals surface area contributed by atoms with Gasteiger partial charge in [-0.15, -0.1) is 0 Å². The summed E-state index contributed by atoms with van der Waals surface area (Å²) in [6.07, 6.45) is 1.20. The van der Waals surface area contributed by atoms with Crippen molar-refractivity contribution in [2.75, 3.05) is 26.7 Å². The van der Waals surface area contributed by atoms with Crippen LogP contribution in [0.2, 0.25) is 0 Å². The monoisotopic (exact) mass is 379 g/mol. The first-order valence-corrected chi connectivity index (χ1v) is 9.93. The third-order valence-electron chi connectivity index (χ3n) is 5.11. The molecule has 2 aromatic rings. The summed E-state index contributed by atoms with van der Waals surface area (Å²) in [6, 6.07) is 20.3. The quantitative estimate of drug-likeness (QED) is 0.682. The Morgan fingerprint density at radius 1 is 1.07 bits per heavy atom. The van der Waals surface area contributed by atoms with Crippen molar-refractivity contribution >= 4 is 11.8 Å². The van der Waals surface area contributed by atoms with E-state index in [1.807, 2.05) is 48.5 Å². The first-order chi connectivity index (χ1) is 13.6. The molecule has 0 radical (unpaired) electrons. The van der Waals surface area contributed by atoms with Gasteiger partial charge in [-0.3, -0.25) is 9.59 Å². The molecule has 0 aliphatic carbocycles. The van der Waals surface area contributed by atoms with E-state index >= 15 is 0 Å². The van der Waals surface area contributed by atoms with E-state index in [0.29, 0.717) is 26.1 Å². The van der Waals surface area contributed by atoms with Gasteiger partial charge in [0, 0.05) is 32.6 Å². The van der Waals surface area contributed by atoms with Crippen molar-refractivity contribution in [1.82, 2.24) is 15.1 Å². The van der Waals surface area contributed by atoms with Gasteiger partial charge in [0.05, 0.1) is 5.92 Å². The van der Waals surface area contributed by atoms with Crippen LogP contribution in [0.15, 0.2) is 60.7 Å². The molecule has 1 aliphatic rings. The molecule has 3 rings (SSSR count). The number of carbonyl (C=O) groups is 2. The van der Waals surface area contributed by atoms with Gasteiger partial charge in [0.2, 0.25) is 11.8 Å². The second-order valence-electron chi connectivity index (χ2n) is 7.53. The lowest BCUT2D eigenvalue weighted by molar-refractivity contribution is -0.129. The van der Waals surface area contributed by atoms with E-state index in [4.69, 9.17) is 0 Å². The summed E-state index contributed by atoms with van der Waals surface area (Å²) in [5.74, 6) is -0.181. The summed E-state index contributed by atoms with van der Waals surface area (Å²) in [5.41, 5.74) is 2.38. The lowest BCUT2D eigenvalue weighted by Gasteiger charge is -2.18. The fraction of sp³-hybridized carbons (Fsp3) is 0.391. The predicted molar refractivity (Wildman–Crippen MR) is 110 cm³/mol. The number of hydrogen-bond donors (Lipinski definition) is 1. The van der Waals surface area contributed by atoms with Crippen molar-refractivity contribution in [3.05, 3.63) is 71.8 Å². The molecule has 28 heavy (non-hydrogen) atoms. The highest BCUT2D eigenvalue weighted by atomic mass is 16.2. The molecule has 0 bridgehead atoms. The maximum Gasteiger partial charge on any atom is 0.225 e. The minimum absolute atomic E-state index is 0.00498. The summed E-state index contributed by atoms with van der Waals surface area (Å²) >= 11 is 0. The molecule has 1 fully saturated rings. The fourth-order valence-corrected chi connectivity index (χ4v) is 3.58. The van der Waals surface area contributed by atoms with Gasteiger partial charge in [0.25, 0.3) is 0 Å². The van der Waals surface area contributed by atoms with Crippen molar-refractivity contribution in [3.63, 3.8) is 0 Å². The number of amides is 2. The van der Waals surface area contributed by atoms with E-state index in [0.717, 1.165) is 25.1 Å². The number of likely N-dealkylation sites (tertiary alicyclic amines) is 1. The van der Waals surface area contributed by atoms with Crippen LogP contribution in [0.5, 0.6) is 0 Å². The zero-order chi connectivity index (χ0) is 19.8. The van der Waals surface area contributed by atoms with E-state index < -0.39 is 0 Å². The lowest BCUT2D eigenvalue weighted by atomic mass is 10.1. The molecule has 0 saturated carbocycles. The number of rotatable bonds is 9. The van der Waals surface area contributed by atoms with Gasteiger partial charge >= 0.3 is 0 Å². The second-order valence-corrected chi connectivity index (χ2v) is 7.53. The number of nitrogens with zero attached hydrogens (tertiary/aromatic N) is 2. The fourth-order valence-electron chi connectivity index (χ4n) is 3.58. The highest BCUT2D eigenvalue weighted by Crippen LogP contribution is 2.20. The van der Waals surface area contributed by atoms with Gasteiger partial charge in [-0.25, -0.2) is 0 Å². The molecule has 1 N–H and O–H groups in total. The van der Waals surface area contributed by atoms with Crippen LogP contribution in [0.3, 0.4) is 0 Å². The van der Waals surface area contributed by atoms with Crippen molar-refractivity contribution < 1.29 is 9.59 Å². The second kappa shape index (κ2) is 10.0. The third-order valence-corrected chi connectivity index (χ3v) is 5.11. The maximum absolute atomic E-state index is 12.4. The van der Waals surface area contributed by atoms with Crippen LogP contribution in [0.4, 0.5) is 0 Å². The summed E-state index contributed by atoms with van der Waals surface area (Å²) in [5, 5.41) is 3.00. The molecule has 1 aliphatic heterocycles. The molecule has 148 valence electrons. The van der Waals surface area contributed by atoms with Crippen molar-refractivity contribution in [2.45, 2.75) is 25.9 Å². The molecule has 1 saturated heterocycles. The van der Waals surface area contributed by atoms with Crippen LogP contribution in [0.1, 0.15) is 24.0 Å². The maximum atomic E-state index is 12.4. The van der Waals surface area contributed by atoms with Gasteiger partial charge in [-0.2, -0.15) is 0 Å². The Bertz CT molecular complexity index is 764. The Morgan fingerprint density at radius 3 is 2.39 bits per heavy atom. The Kier molecular flexibility index (Phi) is 7.20. The topological polar surface area (TPSA) is 52.7 Å². The molecule has 2 aromatic carbocycles. The highest BCUT2D eigenvalue weighted by Gasteiger charge is 2.33. The lowest BCUT2D eigenvalue weighted by Crippen LogP contribution is -2.34. The molecular weight excluding hydrogens is 350 g/mol. The van der Waals surface area contributed by atoms with E-state index in [1.54, 1.807) is 4.90 Å². The Morgan fingerprint density at radius 2 is 1.71 bits per heavy atom. The standard InChI is InChI=1S/C23H29N3O2/c1-25(16-19-9-4-2-5-10-19)14-8-13-24-23(28)21-15-22(27)26(18-21)17-20-11-6-3-7-12-20/h2-7,9-12,21H,8,13-18H2,1H3,(H,24,28). The van der Waals surface area contributed by atoms with Crippen LogP contribution in [0, 0.1) is 5.92 Å². The van der Waals surface area contributed by atoms with Gasteiger partial charge in [-0.05, 0) is 31.1 Å². The highest BCUT2D eigenvalue weighted by molar-refractivity contribution is 5.89. The Balaban J connectivity index is 1.35.